The smallest absolute Gasteiger partial charge is 0.340 e. The molecule has 0 N–H and O–H groups in total. The molecular formula is C26H28F3N5O2S2. The Kier molecular flexibility index (Phi) is 8.11. The Balaban J connectivity index is 1.35. The van der Waals surface area contributed by atoms with Gasteiger partial charge in [0.05, 0.1) is 29.3 Å². The van der Waals surface area contributed by atoms with Gasteiger partial charge in [-0.1, -0.05) is 6.07 Å². The second kappa shape index (κ2) is 11.0. The molecule has 0 radical (unpaired) electrons. The molecule has 2 aromatic rings. The number of rotatable bonds is 7. The number of anilines is 1. The molecule has 0 bridgehead atoms. The predicted octanol–water partition coefficient (Wildman–Crippen LogP) is 4.13. The Labute approximate surface area is 229 Å². The lowest BCUT2D eigenvalue weighted by molar-refractivity contribution is -0.138. The summed E-state index contributed by atoms with van der Waals surface area (Å²) >= 11 is 7.13. The van der Waals surface area contributed by atoms with Gasteiger partial charge in [-0.2, -0.15) is 18.4 Å². The van der Waals surface area contributed by atoms with E-state index in [4.69, 9.17) is 17.5 Å². The number of amides is 2. The SMILES string of the molecule is CC1(C)C(=O)N(c2ccc(C#N)c(C(F)(F)F)c2)C(=S)N1CCCN1CCN(C(=O)Cc2cccs2)CC1. The average molecular weight is 564 g/mol. The van der Waals surface area contributed by atoms with Gasteiger partial charge in [-0.15, -0.1) is 11.3 Å². The van der Waals surface area contributed by atoms with Crippen LogP contribution in [0.25, 0.3) is 0 Å². The van der Waals surface area contributed by atoms with Gasteiger partial charge >= 0.3 is 6.18 Å². The fourth-order valence-electron chi connectivity index (χ4n) is 4.79. The van der Waals surface area contributed by atoms with Crippen molar-refractivity contribution in [2.75, 3.05) is 44.2 Å². The fourth-order valence-corrected chi connectivity index (χ4v) is 5.99. The zero-order valence-corrected chi connectivity index (χ0v) is 22.8. The maximum absolute atomic E-state index is 13.5. The molecule has 2 aliphatic heterocycles. The topological polar surface area (TPSA) is 70.9 Å². The van der Waals surface area contributed by atoms with Crippen LogP contribution in [0.3, 0.4) is 0 Å². The molecule has 3 heterocycles. The highest BCUT2D eigenvalue weighted by Crippen LogP contribution is 2.37. The minimum atomic E-state index is -4.74. The van der Waals surface area contributed by atoms with Gasteiger partial charge in [0.25, 0.3) is 5.91 Å². The van der Waals surface area contributed by atoms with E-state index < -0.39 is 28.7 Å². The first-order valence-electron chi connectivity index (χ1n) is 12.2. The van der Waals surface area contributed by atoms with Gasteiger partial charge in [0.15, 0.2) is 5.11 Å². The van der Waals surface area contributed by atoms with Gasteiger partial charge in [-0.3, -0.25) is 19.4 Å². The second-order valence-corrected chi connectivity index (χ2v) is 11.2. The van der Waals surface area contributed by atoms with Crippen LogP contribution in [0.4, 0.5) is 18.9 Å². The van der Waals surface area contributed by atoms with Crippen molar-refractivity contribution in [1.29, 1.82) is 5.26 Å². The highest BCUT2D eigenvalue weighted by atomic mass is 32.1. The number of halogens is 3. The Morgan fingerprint density at radius 2 is 1.87 bits per heavy atom. The number of nitriles is 1. The molecule has 202 valence electrons. The molecule has 0 spiro atoms. The van der Waals surface area contributed by atoms with Crippen LogP contribution < -0.4 is 4.90 Å². The van der Waals surface area contributed by atoms with Crippen LogP contribution in [-0.4, -0.2) is 76.4 Å². The molecule has 0 saturated carbocycles. The summed E-state index contributed by atoms with van der Waals surface area (Å²) in [7, 11) is 0. The van der Waals surface area contributed by atoms with Gasteiger partial charge in [0.2, 0.25) is 5.91 Å². The summed E-state index contributed by atoms with van der Waals surface area (Å²) < 4.78 is 40.5. The maximum atomic E-state index is 13.5. The van der Waals surface area contributed by atoms with Crippen molar-refractivity contribution in [3.8, 4) is 6.07 Å². The number of alkyl halides is 3. The van der Waals surface area contributed by atoms with Crippen molar-refractivity contribution in [3.05, 3.63) is 51.7 Å². The fraction of sp³-hybridized carbons (Fsp3) is 0.462. The molecule has 7 nitrogen and oxygen atoms in total. The van der Waals surface area contributed by atoms with Crippen molar-refractivity contribution >= 4 is 46.2 Å². The molecule has 4 rings (SSSR count). The minimum Gasteiger partial charge on any atom is -0.340 e. The van der Waals surface area contributed by atoms with Crippen LogP contribution in [-0.2, 0) is 22.2 Å². The molecule has 0 unspecified atom stereocenters. The Morgan fingerprint density at radius 3 is 2.47 bits per heavy atom. The number of hydrogen-bond donors (Lipinski definition) is 0. The molecule has 2 saturated heterocycles. The van der Waals surface area contributed by atoms with Crippen LogP contribution in [0.2, 0.25) is 0 Å². The van der Waals surface area contributed by atoms with Gasteiger partial charge < -0.3 is 9.80 Å². The largest absolute Gasteiger partial charge is 0.417 e. The molecule has 38 heavy (non-hydrogen) atoms. The van der Waals surface area contributed by atoms with Crippen LogP contribution in [0.5, 0.6) is 0 Å². The number of thiocarbonyl (C=S) groups is 1. The van der Waals surface area contributed by atoms with E-state index in [9.17, 15) is 22.8 Å². The molecule has 0 atom stereocenters. The van der Waals surface area contributed by atoms with Crippen LogP contribution >= 0.6 is 23.6 Å². The maximum Gasteiger partial charge on any atom is 0.417 e. The van der Waals surface area contributed by atoms with Crippen molar-refractivity contribution in [2.45, 2.75) is 38.4 Å². The average Bonchev–Trinajstić information content (AvgIpc) is 3.44. The number of hydrogen-bond acceptors (Lipinski definition) is 6. The number of carbonyl (C=O) groups is 2. The van der Waals surface area contributed by atoms with E-state index in [1.54, 1.807) is 36.2 Å². The van der Waals surface area contributed by atoms with Gasteiger partial charge in [0.1, 0.15) is 5.54 Å². The summed E-state index contributed by atoms with van der Waals surface area (Å²) in [6, 6.07) is 8.64. The highest BCUT2D eigenvalue weighted by Gasteiger charge is 2.49. The summed E-state index contributed by atoms with van der Waals surface area (Å²) in [6.07, 6.45) is -3.62. The van der Waals surface area contributed by atoms with Crippen molar-refractivity contribution in [2.24, 2.45) is 0 Å². The number of piperazine rings is 1. The van der Waals surface area contributed by atoms with E-state index >= 15 is 0 Å². The van der Waals surface area contributed by atoms with E-state index in [0.717, 1.165) is 41.5 Å². The summed E-state index contributed by atoms with van der Waals surface area (Å²) in [5.74, 6) is -0.287. The minimum absolute atomic E-state index is 0.00904. The Morgan fingerprint density at radius 1 is 1.16 bits per heavy atom. The molecular weight excluding hydrogens is 535 g/mol. The van der Waals surface area contributed by atoms with Gasteiger partial charge in [-0.25, -0.2) is 0 Å². The number of nitrogens with zero attached hydrogens (tertiary/aromatic N) is 5. The van der Waals surface area contributed by atoms with Crippen LogP contribution in [0.15, 0.2) is 35.7 Å². The van der Waals surface area contributed by atoms with Crippen LogP contribution in [0, 0.1) is 11.3 Å². The highest BCUT2D eigenvalue weighted by molar-refractivity contribution is 7.80. The standard InChI is InChI=1S/C26H28F3N5O2S2/c1-25(2)23(36)34(19-7-6-18(17-30)21(15-19)26(27,28)29)24(37)33(25)9-4-8-31-10-12-32(13-11-31)22(35)16-20-5-3-14-38-20/h3,5-7,14-15H,4,8-13,16H2,1-2H3. The molecule has 12 heteroatoms. The third kappa shape index (κ3) is 5.70. The lowest BCUT2D eigenvalue weighted by Crippen LogP contribution is -2.50. The Hall–Kier alpha value is -3.01. The summed E-state index contributed by atoms with van der Waals surface area (Å²) in [5.41, 5.74) is -2.65. The number of benzene rings is 1. The second-order valence-electron chi connectivity index (χ2n) is 9.81. The zero-order valence-electron chi connectivity index (χ0n) is 21.1. The zero-order chi connectivity index (χ0) is 27.7. The monoisotopic (exact) mass is 563 g/mol. The molecule has 1 aromatic carbocycles. The van der Waals surface area contributed by atoms with Crippen molar-refractivity contribution < 1.29 is 22.8 Å². The number of thiophene rings is 1. The summed E-state index contributed by atoms with van der Waals surface area (Å²) in [5, 5.41) is 11.2. The first kappa shape index (κ1) is 28.0. The summed E-state index contributed by atoms with van der Waals surface area (Å²) in [4.78, 5) is 33.9. The normalized spacial score (nSPS) is 18.3. The quantitative estimate of drug-likeness (QED) is 0.472. The van der Waals surface area contributed by atoms with Crippen LogP contribution in [0.1, 0.15) is 36.3 Å². The summed E-state index contributed by atoms with van der Waals surface area (Å²) in [6.45, 7) is 7.41. The Bertz CT molecular complexity index is 1250. The lowest BCUT2D eigenvalue weighted by Gasteiger charge is -2.35. The predicted molar refractivity (Wildman–Crippen MR) is 143 cm³/mol. The molecule has 1 aromatic heterocycles. The van der Waals surface area contributed by atoms with E-state index in [1.165, 1.54) is 6.07 Å². The lowest BCUT2D eigenvalue weighted by atomic mass is 10.0. The molecule has 2 fully saturated rings. The molecule has 2 amide bonds. The first-order valence-corrected chi connectivity index (χ1v) is 13.5. The third-order valence-corrected chi connectivity index (χ3v) is 8.28. The molecule has 2 aliphatic rings. The van der Waals surface area contributed by atoms with Gasteiger partial charge in [-0.05, 0) is 68.7 Å². The van der Waals surface area contributed by atoms with E-state index in [0.29, 0.717) is 32.5 Å². The van der Waals surface area contributed by atoms with E-state index in [-0.39, 0.29) is 16.7 Å². The van der Waals surface area contributed by atoms with E-state index in [2.05, 4.69) is 4.90 Å². The van der Waals surface area contributed by atoms with Gasteiger partial charge in [0, 0.05) is 37.6 Å². The third-order valence-electron chi connectivity index (χ3n) is 7.00. The first-order chi connectivity index (χ1) is 17.9. The van der Waals surface area contributed by atoms with Crippen molar-refractivity contribution in [1.82, 2.24) is 14.7 Å². The number of carbonyl (C=O) groups excluding carboxylic acids is 2. The van der Waals surface area contributed by atoms with E-state index in [1.807, 2.05) is 22.4 Å². The molecule has 0 aliphatic carbocycles. The van der Waals surface area contributed by atoms with Crippen molar-refractivity contribution in [3.63, 3.8) is 0 Å².